The molecule has 0 saturated heterocycles. The van der Waals surface area contributed by atoms with Gasteiger partial charge >= 0.3 is 0 Å². The molecule has 2 rings (SSSR count). The molecule has 0 aliphatic heterocycles. The first kappa shape index (κ1) is 14.9. The molecule has 0 fully saturated rings. The molecule has 0 bridgehead atoms. The highest BCUT2D eigenvalue weighted by atomic mass is 16.5. The molecule has 0 aliphatic carbocycles. The van der Waals surface area contributed by atoms with E-state index in [-0.39, 0.29) is 12.5 Å². The zero-order chi connectivity index (χ0) is 15.2. The van der Waals surface area contributed by atoms with Crippen molar-refractivity contribution in [1.82, 2.24) is 0 Å². The molecule has 0 spiro atoms. The van der Waals surface area contributed by atoms with Crippen LogP contribution in [0.5, 0.6) is 11.5 Å². The molecule has 110 valence electrons. The Hall–Kier alpha value is -2.53. The Morgan fingerprint density at radius 3 is 2.10 bits per heavy atom. The number of benzene rings is 2. The number of methoxy groups -OCH3 is 2. The van der Waals surface area contributed by atoms with Crippen LogP contribution >= 0.6 is 0 Å². The molecule has 2 aromatic rings. The van der Waals surface area contributed by atoms with Gasteiger partial charge in [-0.05, 0) is 29.8 Å². The van der Waals surface area contributed by atoms with E-state index >= 15 is 0 Å². The van der Waals surface area contributed by atoms with Crippen molar-refractivity contribution in [2.24, 2.45) is 0 Å². The number of carbonyl (C=O) groups is 1. The van der Waals surface area contributed by atoms with Gasteiger partial charge in [0.25, 0.3) is 5.91 Å². The molecule has 0 aromatic heterocycles. The van der Waals surface area contributed by atoms with E-state index in [1.807, 2.05) is 0 Å². The number of anilines is 1. The zero-order valence-corrected chi connectivity index (χ0v) is 11.9. The topological polar surface area (TPSA) is 67.8 Å². The Morgan fingerprint density at radius 2 is 1.62 bits per heavy atom. The largest absolute Gasteiger partial charge is 0.496 e. The molecular weight excluding hydrogens is 270 g/mol. The highest BCUT2D eigenvalue weighted by molar-refractivity contribution is 6.08. The van der Waals surface area contributed by atoms with Crippen LogP contribution in [0, 0.1) is 0 Å². The van der Waals surface area contributed by atoms with Crippen LogP contribution in [0.4, 0.5) is 5.69 Å². The van der Waals surface area contributed by atoms with Gasteiger partial charge in [-0.3, -0.25) is 4.79 Å². The van der Waals surface area contributed by atoms with Crippen LogP contribution in [0.15, 0.2) is 42.5 Å². The highest BCUT2D eigenvalue weighted by Crippen LogP contribution is 2.29. The lowest BCUT2D eigenvalue weighted by Gasteiger charge is -2.13. The van der Waals surface area contributed by atoms with E-state index in [4.69, 9.17) is 14.6 Å². The number of hydrogen-bond donors (Lipinski definition) is 2. The molecule has 0 radical (unpaired) electrons. The number of aliphatic hydroxyl groups is 1. The summed E-state index contributed by atoms with van der Waals surface area (Å²) in [6, 6.07) is 12.1. The van der Waals surface area contributed by atoms with Gasteiger partial charge in [-0.1, -0.05) is 18.2 Å². The molecule has 5 heteroatoms. The van der Waals surface area contributed by atoms with Gasteiger partial charge in [0.05, 0.1) is 20.8 Å². The van der Waals surface area contributed by atoms with Gasteiger partial charge in [-0.2, -0.15) is 0 Å². The van der Waals surface area contributed by atoms with E-state index in [1.165, 1.54) is 14.2 Å². The summed E-state index contributed by atoms with van der Waals surface area (Å²) in [4.78, 5) is 12.4. The maximum Gasteiger partial charge on any atom is 0.263 e. The van der Waals surface area contributed by atoms with Crippen molar-refractivity contribution < 1.29 is 19.4 Å². The summed E-state index contributed by atoms with van der Waals surface area (Å²) in [6.45, 7) is -0.0332. The van der Waals surface area contributed by atoms with Gasteiger partial charge in [-0.15, -0.1) is 0 Å². The van der Waals surface area contributed by atoms with Crippen LogP contribution in [0.25, 0.3) is 0 Å². The average molecular weight is 287 g/mol. The number of amides is 1. The summed E-state index contributed by atoms with van der Waals surface area (Å²) in [5, 5.41) is 11.8. The predicted molar refractivity (Wildman–Crippen MR) is 79.9 cm³/mol. The number of rotatable bonds is 5. The Bertz CT molecular complexity index is 600. The molecule has 5 nitrogen and oxygen atoms in total. The molecule has 2 aromatic carbocycles. The maximum atomic E-state index is 12.4. The van der Waals surface area contributed by atoms with E-state index in [0.29, 0.717) is 22.7 Å². The second kappa shape index (κ2) is 6.76. The minimum absolute atomic E-state index is 0.0332. The standard InChI is InChI=1S/C16H17NO4/c1-20-13-4-3-5-14(21-2)15(13)16(19)17-12-8-6-11(10-18)7-9-12/h3-9,18H,10H2,1-2H3,(H,17,19). The second-order valence-corrected chi connectivity index (χ2v) is 4.35. The van der Waals surface area contributed by atoms with E-state index in [1.54, 1.807) is 42.5 Å². The molecule has 1 amide bonds. The van der Waals surface area contributed by atoms with E-state index in [0.717, 1.165) is 5.56 Å². The lowest BCUT2D eigenvalue weighted by molar-refractivity contribution is 0.102. The predicted octanol–water partition coefficient (Wildman–Crippen LogP) is 2.45. The van der Waals surface area contributed by atoms with Crippen LogP contribution in [0.2, 0.25) is 0 Å². The molecule has 0 aliphatic rings. The van der Waals surface area contributed by atoms with Crippen LogP contribution in [0.3, 0.4) is 0 Å². The van der Waals surface area contributed by atoms with E-state index in [9.17, 15) is 4.79 Å². The fourth-order valence-electron chi connectivity index (χ4n) is 1.96. The molecule has 0 atom stereocenters. The van der Waals surface area contributed by atoms with Crippen LogP contribution < -0.4 is 14.8 Å². The number of aliphatic hydroxyl groups excluding tert-OH is 1. The number of hydrogen-bond acceptors (Lipinski definition) is 4. The van der Waals surface area contributed by atoms with Gasteiger partial charge in [-0.25, -0.2) is 0 Å². The van der Waals surface area contributed by atoms with Crippen molar-refractivity contribution in [3.63, 3.8) is 0 Å². The van der Waals surface area contributed by atoms with Gasteiger partial charge in [0.15, 0.2) is 0 Å². The smallest absolute Gasteiger partial charge is 0.263 e. The summed E-state index contributed by atoms with van der Waals surface area (Å²) in [5.41, 5.74) is 1.75. The number of nitrogens with one attached hydrogen (secondary N) is 1. The van der Waals surface area contributed by atoms with Gasteiger partial charge < -0.3 is 19.9 Å². The Balaban J connectivity index is 2.27. The minimum atomic E-state index is -0.318. The fraction of sp³-hybridized carbons (Fsp3) is 0.188. The van der Waals surface area contributed by atoms with Crippen molar-refractivity contribution in [1.29, 1.82) is 0 Å². The second-order valence-electron chi connectivity index (χ2n) is 4.35. The van der Waals surface area contributed by atoms with Crippen molar-refractivity contribution in [3.8, 4) is 11.5 Å². The van der Waals surface area contributed by atoms with E-state index < -0.39 is 0 Å². The molecule has 21 heavy (non-hydrogen) atoms. The molecule has 0 unspecified atom stereocenters. The lowest BCUT2D eigenvalue weighted by atomic mass is 10.1. The third kappa shape index (κ3) is 3.32. The first-order valence-electron chi connectivity index (χ1n) is 6.41. The van der Waals surface area contributed by atoms with Crippen molar-refractivity contribution in [2.45, 2.75) is 6.61 Å². The molecule has 0 heterocycles. The van der Waals surface area contributed by atoms with Crippen molar-refractivity contribution >= 4 is 11.6 Å². The zero-order valence-electron chi connectivity index (χ0n) is 11.9. The van der Waals surface area contributed by atoms with Gasteiger partial charge in [0, 0.05) is 5.69 Å². The van der Waals surface area contributed by atoms with Gasteiger partial charge in [0.2, 0.25) is 0 Å². The summed E-state index contributed by atoms with van der Waals surface area (Å²) in [7, 11) is 3.00. The first-order valence-corrected chi connectivity index (χ1v) is 6.41. The Kier molecular flexibility index (Phi) is 4.79. The SMILES string of the molecule is COc1cccc(OC)c1C(=O)Nc1ccc(CO)cc1. The number of ether oxygens (including phenoxy) is 2. The normalized spacial score (nSPS) is 10.0. The summed E-state index contributed by atoms with van der Waals surface area (Å²) in [5.74, 6) is 0.568. The van der Waals surface area contributed by atoms with Gasteiger partial charge in [0.1, 0.15) is 17.1 Å². The first-order chi connectivity index (χ1) is 10.2. The van der Waals surface area contributed by atoms with Crippen LogP contribution in [-0.2, 0) is 6.61 Å². The minimum Gasteiger partial charge on any atom is -0.496 e. The van der Waals surface area contributed by atoms with E-state index in [2.05, 4.69) is 5.32 Å². The van der Waals surface area contributed by atoms with Crippen molar-refractivity contribution in [3.05, 3.63) is 53.6 Å². The Labute approximate surface area is 123 Å². The lowest BCUT2D eigenvalue weighted by Crippen LogP contribution is -2.14. The molecular formula is C16H17NO4. The third-order valence-corrected chi connectivity index (χ3v) is 3.05. The third-order valence-electron chi connectivity index (χ3n) is 3.05. The maximum absolute atomic E-state index is 12.4. The summed E-state index contributed by atoms with van der Waals surface area (Å²) >= 11 is 0. The highest BCUT2D eigenvalue weighted by Gasteiger charge is 2.18. The van der Waals surface area contributed by atoms with Crippen LogP contribution in [-0.4, -0.2) is 25.2 Å². The summed E-state index contributed by atoms with van der Waals surface area (Å²) < 4.78 is 10.4. The Morgan fingerprint density at radius 1 is 1.05 bits per heavy atom. The molecule has 0 saturated carbocycles. The monoisotopic (exact) mass is 287 g/mol. The quantitative estimate of drug-likeness (QED) is 0.886. The summed E-state index contributed by atoms with van der Waals surface area (Å²) in [6.07, 6.45) is 0. The number of carbonyl (C=O) groups excluding carboxylic acids is 1. The van der Waals surface area contributed by atoms with Crippen LogP contribution in [0.1, 0.15) is 15.9 Å². The van der Waals surface area contributed by atoms with Crippen molar-refractivity contribution in [2.75, 3.05) is 19.5 Å². The average Bonchev–Trinajstić information content (AvgIpc) is 2.54. The molecule has 2 N–H and O–H groups in total. The fourth-order valence-corrected chi connectivity index (χ4v) is 1.96.